The maximum Gasteiger partial charge on any atom is 0.193 e. The zero-order chi connectivity index (χ0) is 15.9. The Morgan fingerprint density at radius 2 is 1.17 bits per heavy atom. The largest absolute Gasteiger partial charge is 0.289 e. The van der Waals surface area contributed by atoms with E-state index in [9.17, 15) is 5.11 Å². The molecule has 1 nitrogen and oxygen atoms in total. The van der Waals surface area contributed by atoms with Crippen molar-refractivity contribution < 1.29 is 5.11 Å². The maximum atomic E-state index is 12.2. The Hall–Kier alpha value is -1.84. The molecule has 3 heteroatoms. The summed E-state index contributed by atoms with van der Waals surface area (Å²) in [7, 11) is 0. The first-order valence-corrected chi connectivity index (χ1v) is 9.43. The van der Waals surface area contributed by atoms with Crippen molar-refractivity contribution in [2.75, 3.05) is 0 Å². The Bertz CT molecular complexity index is 742. The van der Waals surface area contributed by atoms with Gasteiger partial charge in [-0.05, 0) is 23.3 Å². The second-order valence-electron chi connectivity index (χ2n) is 5.13. The Morgan fingerprint density at radius 1 is 0.609 bits per heavy atom. The van der Waals surface area contributed by atoms with Crippen LogP contribution in [-0.2, 0) is 16.6 Å². The number of benzene rings is 3. The van der Waals surface area contributed by atoms with E-state index < -0.39 is 0 Å². The van der Waals surface area contributed by atoms with Crippen molar-refractivity contribution in [1.82, 2.24) is 0 Å². The number of thioether (sulfide) groups is 2. The topological polar surface area (TPSA) is 19.9 Å². The lowest BCUT2D eigenvalue weighted by molar-refractivity contribution is 0.342. The van der Waals surface area contributed by atoms with Crippen LogP contribution in [0.15, 0.2) is 88.7 Å². The van der Waals surface area contributed by atoms with Gasteiger partial charge in [0.25, 0.3) is 0 Å². The summed E-state index contributed by atoms with van der Waals surface area (Å²) >= 11 is 3.36. The van der Waals surface area contributed by atoms with Crippen molar-refractivity contribution in [3.63, 3.8) is 0 Å². The lowest BCUT2D eigenvalue weighted by atomic mass is 10.2. The molecule has 0 aromatic heterocycles. The van der Waals surface area contributed by atoms with Crippen LogP contribution in [0.3, 0.4) is 0 Å². The smallest absolute Gasteiger partial charge is 0.193 e. The van der Waals surface area contributed by atoms with E-state index in [1.54, 1.807) is 29.6 Å². The molecule has 0 spiro atoms. The van der Waals surface area contributed by atoms with Crippen LogP contribution in [0.5, 0.6) is 5.75 Å². The quantitative estimate of drug-likeness (QED) is 0.484. The molecule has 0 aliphatic heterocycles. The van der Waals surface area contributed by atoms with Gasteiger partial charge in [-0.15, -0.1) is 23.5 Å². The van der Waals surface area contributed by atoms with Gasteiger partial charge in [0.15, 0.2) is 5.75 Å². The number of hydrogen-bond donors (Lipinski definition) is 0. The molecule has 0 bridgehead atoms. The highest BCUT2D eigenvalue weighted by atomic mass is 32.2. The first-order valence-electron chi connectivity index (χ1n) is 7.46. The van der Waals surface area contributed by atoms with Crippen molar-refractivity contribution in [3.8, 4) is 5.75 Å². The molecule has 1 radical (unpaired) electrons. The number of rotatable bonds is 6. The third-order valence-corrected chi connectivity index (χ3v) is 5.85. The molecule has 0 aliphatic carbocycles. The highest BCUT2D eigenvalue weighted by Crippen LogP contribution is 2.40. The SMILES string of the molecule is [O]c1cccc(SCc2ccccc2)c1SCc1ccccc1. The average molecular weight is 337 g/mol. The minimum Gasteiger partial charge on any atom is -0.289 e. The lowest BCUT2D eigenvalue weighted by Crippen LogP contribution is -1.85. The molecule has 0 unspecified atom stereocenters. The van der Waals surface area contributed by atoms with Gasteiger partial charge in [-0.25, -0.2) is 0 Å². The molecule has 0 atom stereocenters. The van der Waals surface area contributed by atoms with E-state index in [0.29, 0.717) is 0 Å². The molecule has 0 heterocycles. The fraction of sp³-hybridized carbons (Fsp3) is 0.100. The van der Waals surface area contributed by atoms with Crippen LogP contribution in [0.4, 0.5) is 0 Å². The molecule has 0 saturated heterocycles. The highest BCUT2D eigenvalue weighted by Gasteiger charge is 2.11. The molecule has 3 rings (SSSR count). The van der Waals surface area contributed by atoms with Gasteiger partial charge in [0.2, 0.25) is 0 Å². The zero-order valence-corrected chi connectivity index (χ0v) is 14.3. The van der Waals surface area contributed by atoms with Crippen molar-refractivity contribution in [2.45, 2.75) is 21.3 Å². The van der Waals surface area contributed by atoms with Crippen LogP contribution in [0.25, 0.3) is 0 Å². The first kappa shape index (κ1) is 16.0. The average Bonchev–Trinajstić information content (AvgIpc) is 2.61. The predicted molar refractivity (Wildman–Crippen MR) is 98.6 cm³/mol. The second kappa shape index (κ2) is 8.14. The minimum absolute atomic E-state index is 0.115. The third-order valence-electron chi connectivity index (χ3n) is 3.41. The van der Waals surface area contributed by atoms with Gasteiger partial charge in [0.05, 0.1) is 4.90 Å². The minimum atomic E-state index is 0.115. The fourth-order valence-corrected chi connectivity index (χ4v) is 4.42. The van der Waals surface area contributed by atoms with E-state index in [0.717, 1.165) is 21.3 Å². The van der Waals surface area contributed by atoms with E-state index in [-0.39, 0.29) is 5.75 Å². The van der Waals surface area contributed by atoms with Gasteiger partial charge in [-0.1, -0.05) is 66.7 Å². The van der Waals surface area contributed by atoms with Crippen LogP contribution < -0.4 is 0 Å². The van der Waals surface area contributed by atoms with Gasteiger partial charge in [0, 0.05) is 16.4 Å². The Balaban J connectivity index is 1.71. The summed E-state index contributed by atoms with van der Waals surface area (Å²) in [4.78, 5) is 1.93. The van der Waals surface area contributed by atoms with Crippen LogP contribution in [0.2, 0.25) is 0 Å². The molecule has 0 N–H and O–H groups in total. The molecule has 115 valence electrons. The number of hydrogen-bond acceptors (Lipinski definition) is 2. The molecular formula is C20H17OS2. The van der Waals surface area contributed by atoms with Crippen LogP contribution >= 0.6 is 23.5 Å². The summed E-state index contributed by atoms with van der Waals surface area (Å²) < 4.78 is 0. The van der Waals surface area contributed by atoms with E-state index in [2.05, 4.69) is 24.3 Å². The maximum absolute atomic E-state index is 12.2. The lowest BCUT2D eigenvalue weighted by Gasteiger charge is -2.10. The third kappa shape index (κ3) is 4.57. The standard InChI is InChI=1S/C20H17OS2/c21-18-12-7-13-19(22-14-16-8-3-1-4-9-16)20(18)23-15-17-10-5-2-6-11-17/h1-13H,14-15H2. The summed E-state index contributed by atoms with van der Waals surface area (Å²) in [5.74, 6) is 1.81. The van der Waals surface area contributed by atoms with Crippen molar-refractivity contribution in [3.05, 3.63) is 90.0 Å². The van der Waals surface area contributed by atoms with Gasteiger partial charge < -0.3 is 0 Å². The van der Waals surface area contributed by atoms with E-state index in [1.807, 2.05) is 48.5 Å². The summed E-state index contributed by atoms with van der Waals surface area (Å²) in [6.07, 6.45) is 0. The van der Waals surface area contributed by atoms with Gasteiger partial charge in [-0.2, -0.15) is 0 Å². The van der Waals surface area contributed by atoms with E-state index >= 15 is 0 Å². The van der Waals surface area contributed by atoms with Crippen molar-refractivity contribution in [1.29, 1.82) is 0 Å². The van der Waals surface area contributed by atoms with Crippen LogP contribution in [0.1, 0.15) is 11.1 Å². The summed E-state index contributed by atoms with van der Waals surface area (Å²) in [5.41, 5.74) is 2.51. The molecule has 3 aromatic carbocycles. The highest BCUT2D eigenvalue weighted by molar-refractivity contribution is 8.01. The van der Waals surface area contributed by atoms with E-state index in [4.69, 9.17) is 0 Å². The Morgan fingerprint density at radius 3 is 1.78 bits per heavy atom. The predicted octanol–water partition coefficient (Wildman–Crippen LogP) is 6.42. The van der Waals surface area contributed by atoms with Crippen molar-refractivity contribution in [2.24, 2.45) is 0 Å². The molecule has 3 aromatic rings. The summed E-state index contributed by atoms with van der Waals surface area (Å²) in [5, 5.41) is 12.2. The molecule has 0 aliphatic rings. The van der Waals surface area contributed by atoms with E-state index in [1.165, 1.54) is 11.1 Å². The molecular weight excluding hydrogens is 320 g/mol. The van der Waals surface area contributed by atoms with Gasteiger partial charge in [0.1, 0.15) is 0 Å². The van der Waals surface area contributed by atoms with Crippen LogP contribution in [-0.4, -0.2) is 0 Å². The Kier molecular flexibility index (Phi) is 5.67. The van der Waals surface area contributed by atoms with Crippen molar-refractivity contribution >= 4 is 23.5 Å². The monoisotopic (exact) mass is 337 g/mol. The fourth-order valence-electron chi connectivity index (χ4n) is 2.22. The van der Waals surface area contributed by atoms with Crippen LogP contribution in [0, 0.1) is 0 Å². The van der Waals surface area contributed by atoms with Gasteiger partial charge in [-0.3, -0.25) is 5.11 Å². The first-order chi connectivity index (χ1) is 11.3. The molecule has 0 saturated carbocycles. The molecule has 0 amide bonds. The normalized spacial score (nSPS) is 10.6. The molecule has 0 fully saturated rings. The summed E-state index contributed by atoms with van der Waals surface area (Å²) in [6.45, 7) is 0. The second-order valence-corrected chi connectivity index (χ2v) is 7.13. The summed E-state index contributed by atoms with van der Waals surface area (Å²) in [6, 6.07) is 26.2. The Labute approximate surface area is 145 Å². The molecule has 23 heavy (non-hydrogen) atoms. The van der Waals surface area contributed by atoms with Gasteiger partial charge >= 0.3 is 0 Å². The zero-order valence-electron chi connectivity index (χ0n) is 12.6.